The minimum absolute atomic E-state index is 0.0977. The summed E-state index contributed by atoms with van der Waals surface area (Å²) >= 11 is 1.43. The Morgan fingerprint density at radius 1 is 1.17 bits per heavy atom. The second-order valence-electron chi connectivity index (χ2n) is 5.19. The van der Waals surface area contributed by atoms with Gasteiger partial charge in [0.2, 0.25) is 0 Å². The lowest BCUT2D eigenvalue weighted by Crippen LogP contribution is -2.24. The number of hydrogen-bond donors (Lipinski definition) is 1. The van der Waals surface area contributed by atoms with Crippen LogP contribution in [0.3, 0.4) is 0 Å². The Kier molecular flexibility index (Phi) is 6.35. The summed E-state index contributed by atoms with van der Waals surface area (Å²) in [6.07, 6.45) is 0.902. The van der Waals surface area contributed by atoms with Crippen LogP contribution in [-0.2, 0) is 9.53 Å². The van der Waals surface area contributed by atoms with Crippen LogP contribution < -0.4 is 5.32 Å². The highest BCUT2D eigenvalue weighted by molar-refractivity contribution is 7.12. The molecule has 5 heteroatoms. The summed E-state index contributed by atoms with van der Waals surface area (Å²) in [5, 5.41) is 4.79. The van der Waals surface area contributed by atoms with E-state index in [1.807, 2.05) is 42.6 Å². The molecule has 0 aliphatic carbocycles. The van der Waals surface area contributed by atoms with E-state index in [1.165, 1.54) is 16.9 Å². The van der Waals surface area contributed by atoms with Gasteiger partial charge in [0.15, 0.2) is 0 Å². The number of rotatable bonds is 7. The lowest BCUT2D eigenvalue weighted by Gasteiger charge is -2.07. The number of aryl methyl sites for hydroxylation is 1. The second-order valence-corrected chi connectivity index (χ2v) is 6.11. The van der Waals surface area contributed by atoms with Crippen LogP contribution in [0.1, 0.15) is 35.0 Å². The predicted molar refractivity (Wildman–Crippen MR) is 92.7 cm³/mol. The van der Waals surface area contributed by atoms with Crippen LogP contribution >= 0.6 is 11.3 Å². The van der Waals surface area contributed by atoms with Gasteiger partial charge in [0, 0.05) is 18.5 Å². The van der Waals surface area contributed by atoms with Gasteiger partial charge in [-0.3, -0.25) is 9.59 Å². The fourth-order valence-electron chi connectivity index (χ4n) is 2.19. The third kappa shape index (κ3) is 4.93. The molecule has 0 spiro atoms. The van der Waals surface area contributed by atoms with Crippen molar-refractivity contribution in [2.24, 2.45) is 0 Å². The molecule has 1 N–H and O–H groups in total. The summed E-state index contributed by atoms with van der Waals surface area (Å²) in [5.41, 5.74) is 3.17. The normalized spacial score (nSPS) is 10.3. The molecule has 122 valence electrons. The first kappa shape index (κ1) is 17.2. The largest absolute Gasteiger partial charge is 0.466 e. The number of ether oxygens (including phenoxy) is 1. The van der Waals surface area contributed by atoms with Gasteiger partial charge in [-0.1, -0.05) is 29.8 Å². The maximum atomic E-state index is 12.3. The van der Waals surface area contributed by atoms with Gasteiger partial charge in [0.05, 0.1) is 11.5 Å². The van der Waals surface area contributed by atoms with Crippen molar-refractivity contribution in [3.05, 3.63) is 46.2 Å². The highest BCUT2D eigenvalue weighted by Gasteiger charge is 2.14. The summed E-state index contributed by atoms with van der Waals surface area (Å²) in [4.78, 5) is 24.3. The van der Waals surface area contributed by atoms with Crippen LogP contribution in [0.4, 0.5) is 0 Å². The first-order valence-electron chi connectivity index (χ1n) is 7.70. The zero-order chi connectivity index (χ0) is 16.7. The topological polar surface area (TPSA) is 55.4 Å². The van der Waals surface area contributed by atoms with E-state index in [0.29, 0.717) is 30.9 Å². The molecule has 23 heavy (non-hydrogen) atoms. The first-order valence-corrected chi connectivity index (χ1v) is 8.58. The summed E-state index contributed by atoms with van der Waals surface area (Å²) in [7, 11) is 0. The highest BCUT2D eigenvalue weighted by Crippen LogP contribution is 2.28. The van der Waals surface area contributed by atoms with Gasteiger partial charge < -0.3 is 10.1 Å². The Hall–Kier alpha value is -2.14. The van der Waals surface area contributed by atoms with E-state index in [-0.39, 0.29) is 11.9 Å². The molecule has 1 aromatic carbocycles. The predicted octanol–water partition coefficient (Wildman–Crippen LogP) is 3.80. The fourth-order valence-corrected chi connectivity index (χ4v) is 3.03. The number of benzene rings is 1. The molecular weight excluding hydrogens is 310 g/mol. The zero-order valence-corrected chi connectivity index (χ0v) is 14.2. The molecule has 2 aromatic rings. The number of amides is 1. The first-order chi connectivity index (χ1) is 11.1. The summed E-state index contributed by atoms with van der Waals surface area (Å²) < 4.78 is 4.86. The second kappa shape index (κ2) is 8.48. The minimum Gasteiger partial charge on any atom is -0.466 e. The monoisotopic (exact) mass is 331 g/mol. The molecule has 0 saturated carbocycles. The molecule has 4 nitrogen and oxygen atoms in total. The van der Waals surface area contributed by atoms with E-state index in [2.05, 4.69) is 5.32 Å². The van der Waals surface area contributed by atoms with E-state index in [4.69, 9.17) is 4.74 Å². The van der Waals surface area contributed by atoms with Crippen LogP contribution in [0, 0.1) is 6.92 Å². The summed E-state index contributed by atoms with van der Waals surface area (Å²) in [5.74, 6) is -0.322. The van der Waals surface area contributed by atoms with Gasteiger partial charge in [-0.05, 0) is 37.3 Å². The number of esters is 1. The van der Waals surface area contributed by atoms with E-state index < -0.39 is 0 Å². The third-order valence-corrected chi connectivity index (χ3v) is 4.30. The standard InChI is InChI=1S/C18H21NO3S/c1-3-22-16(20)5-4-11-19-18(21)17-15(10-12-23-17)14-8-6-13(2)7-9-14/h6-10,12H,3-5,11H2,1-2H3,(H,19,21). The molecule has 1 heterocycles. The molecule has 0 unspecified atom stereocenters. The zero-order valence-electron chi connectivity index (χ0n) is 13.4. The summed E-state index contributed by atoms with van der Waals surface area (Å²) in [6.45, 7) is 4.67. The van der Waals surface area contributed by atoms with Crippen molar-refractivity contribution in [1.82, 2.24) is 5.32 Å². The number of thiophene rings is 1. The molecule has 0 fully saturated rings. The molecule has 0 aliphatic rings. The number of carbonyl (C=O) groups excluding carboxylic acids is 2. The van der Waals surface area contributed by atoms with E-state index in [1.54, 1.807) is 6.92 Å². The average molecular weight is 331 g/mol. The lowest BCUT2D eigenvalue weighted by atomic mass is 10.0. The van der Waals surface area contributed by atoms with Gasteiger partial charge >= 0.3 is 5.97 Å². The van der Waals surface area contributed by atoms with Crippen molar-refractivity contribution >= 4 is 23.2 Å². The van der Waals surface area contributed by atoms with E-state index in [9.17, 15) is 9.59 Å². The lowest BCUT2D eigenvalue weighted by molar-refractivity contribution is -0.143. The van der Waals surface area contributed by atoms with Crippen molar-refractivity contribution in [3.63, 3.8) is 0 Å². The molecule has 0 aliphatic heterocycles. The van der Waals surface area contributed by atoms with E-state index >= 15 is 0 Å². The van der Waals surface area contributed by atoms with Crippen LogP contribution in [0.15, 0.2) is 35.7 Å². The van der Waals surface area contributed by atoms with Crippen molar-refractivity contribution < 1.29 is 14.3 Å². The highest BCUT2D eigenvalue weighted by atomic mass is 32.1. The number of hydrogen-bond acceptors (Lipinski definition) is 4. The van der Waals surface area contributed by atoms with Gasteiger partial charge in [0.1, 0.15) is 0 Å². The van der Waals surface area contributed by atoms with Gasteiger partial charge in [-0.2, -0.15) is 0 Å². The van der Waals surface area contributed by atoms with Crippen LogP contribution in [0.25, 0.3) is 11.1 Å². The molecular formula is C18H21NO3S. The van der Waals surface area contributed by atoms with Crippen molar-refractivity contribution in [2.45, 2.75) is 26.7 Å². The average Bonchev–Trinajstić information content (AvgIpc) is 3.02. The summed E-state index contributed by atoms with van der Waals surface area (Å²) in [6, 6.07) is 10.1. The maximum Gasteiger partial charge on any atom is 0.305 e. The van der Waals surface area contributed by atoms with Gasteiger partial charge in [0.25, 0.3) is 5.91 Å². The van der Waals surface area contributed by atoms with Gasteiger partial charge in [-0.15, -0.1) is 11.3 Å². The smallest absolute Gasteiger partial charge is 0.305 e. The molecule has 0 radical (unpaired) electrons. The van der Waals surface area contributed by atoms with Gasteiger partial charge in [-0.25, -0.2) is 0 Å². The minimum atomic E-state index is -0.224. The van der Waals surface area contributed by atoms with Crippen molar-refractivity contribution in [1.29, 1.82) is 0 Å². The Morgan fingerprint density at radius 3 is 2.61 bits per heavy atom. The molecule has 2 rings (SSSR count). The molecule has 0 saturated heterocycles. The molecule has 1 aromatic heterocycles. The molecule has 0 atom stereocenters. The van der Waals surface area contributed by atoms with Crippen LogP contribution in [-0.4, -0.2) is 25.0 Å². The number of carbonyl (C=O) groups is 2. The Balaban J connectivity index is 1.92. The van der Waals surface area contributed by atoms with Crippen LogP contribution in [0.5, 0.6) is 0 Å². The Morgan fingerprint density at radius 2 is 1.91 bits per heavy atom. The maximum absolute atomic E-state index is 12.3. The Labute approximate surface area is 140 Å². The van der Waals surface area contributed by atoms with Crippen molar-refractivity contribution in [3.8, 4) is 11.1 Å². The fraction of sp³-hybridized carbons (Fsp3) is 0.333. The molecule has 1 amide bonds. The Bertz CT molecular complexity index is 661. The number of nitrogens with one attached hydrogen (secondary N) is 1. The third-order valence-electron chi connectivity index (χ3n) is 3.38. The quantitative estimate of drug-likeness (QED) is 0.620. The van der Waals surface area contributed by atoms with Crippen LogP contribution in [0.2, 0.25) is 0 Å². The van der Waals surface area contributed by atoms with E-state index in [0.717, 1.165) is 11.1 Å². The molecule has 0 bridgehead atoms. The van der Waals surface area contributed by atoms with Crippen molar-refractivity contribution in [2.75, 3.05) is 13.2 Å². The SMILES string of the molecule is CCOC(=O)CCCNC(=O)c1sccc1-c1ccc(C)cc1.